The molecule has 7 heteroatoms. The maximum Gasteiger partial charge on any atom is 0.315 e. The molecular formula is C17H23F2N3O2. The molecule has 0 aromatic heterocycles. The number of amides is 3. The number of halogens is 2. The van der Waals surface area contributed by atoms with Crippen molar-refractivity contribution >= 4 is 11.9 Å². The van der Waals surface area contributed by atoms with Crippen LogP contribution >= 0.6 is 0 Å². The van der Waals surface area contributed by atoms with Gasteiger partial charge in [-0.15, -0.1) is 0 Å². The van der Waals surface area contributed by atoms with Crippen LogP contribution in [-0.4, -0.2) is 36.0 Å². The monoisotopic (exact) mass is 339 g/mol. The van der Waals surface area contributed by atoms with Crippen LogP contribution in [0.4, 0.5) is 13.6 Å². The molecule has 1 aliphatic rings. The third kappa shape index (κ3) is 4.66. The van der Waals surface area contributed by atoms with Gasteiger partial charge in [0.2, 0.25) is 5.91 Å². The van der Waals surface area contributed by atoms with Crippen LogP contribution in [0.15, 0.2) is 18.2 Å². The van der Waals surface area contributed by atoms with Crippen molar-refractivity contribution in [2.24, 2.45) is 0 Å². The number of hydrogen-bond acceptors (Lipinski definition) is 2. The molecule has 1 aliphatic heterocycles. The van der Waals surface area contributed by atoms with Gasteiger partial charge in [0.05, 0.1) is 6.04 Å². The van der Waals surface area contributed by atoms with Crippen molar-refractivity contribution < 1.29 is 18.4 Å². The minimum Gasteiger partial charge on any atom is -0.341 e. The molecule has 1 heterocycles. The molecule has 0 bridgehead atoms. The van der Waals surface area contributed by atoms with Gasteiger partial charge in [-0.1, -0.05) is 6.92 Å². The topological polar surface area (TPSA) is 61.4 Å². The average Bonchev–Trinajstić information content (AvgIpc) is 2.92. The highest BCUT2D eigenvalue weighted by Crippen LogP contribution is 2.21. The normalized spacial score (nSPS) is 16.8. The van der Waals surface area contributed by atoms with E-state index in [2.05, 4.69) is 10.6 Å². The second-order valence-corrected chi connectivity index (χ2v) is 6.09. The molecular weight excluding hydrogens is 316 g/mol. The summed E-state index contributed by atoms with van der Waals surface area (Å²) in [7, 11) is 0. The first-order chi connectivity index (χ1) is 11.4. The number of carbonyl (C=O) groups is 2. The largest absolute Gasteiger partial charge is 0.341 e. The van der Waals surface area contributed by atoms with Crippen LogP contribution in [0.1, 0.15) is 44.7 Å². The fourth-order valence-electron chi connectivity index (χ4n) is 2.88. The third-order valence-corrected chi connectivity index (χ3v) is 4.09. The lowest BCUT2D eigenvalue weighted by Crippen LogP contribution is -2.47. The number of nitrogens with one attached hydrogen (secondary N) is 2. The Morgan fingerprint density at radius 2 is 2.08 bits per heavy atom. The third-order valence-electron chi connectivity index (χ3n) is 4.09. The van der Waals surface area contributed by atoms with E-state index >= 15 is 0 Å². The second kappa shape index (κ2) is 8.08. The Bertz CT molecular complexity index is 609. The molecule has 132 valence electrons. The Labute approximate surface area is 140 Å². The van der Waals surface area contributed by atoms with Gasteiger partial charge < -0.3 is 15.5 Å². The Balaban J connectivity index is 1.91. The first-order valence-electron chi connectivity index (χ1n) is 8.20. The second-order valence-electron chi connectivity index (χ2n) is 6.09. The fourth-order valence-corrected chi connectivity index (χ4v) is 2.88. The molecule has 3 amide bonds. The van der Waals surface area contributed by atoms with E-state index in [-0.39, 0.29) is 17.5 Å². The van der Waals surface area contributed by atoms with Crippen molar-refractivity contribution in [1.29, 1.82) is 0 Å². The summed E-state index contributed by atoms with van der Waals surface area (Å²) in [6, 6.07) is 1.86. The van der Waals surface area contributed by atoms with Gasteiger partial charge in [0, 0.05) is 31.1 Å². The predicted molar refractivity (Wildman–Crippen MR) is 86.3 cm³/mol. The van der Waals surface area contributed by atoms with E-state index in [1.165, 1.54) is 0 Å². The van der Waals surface area contributed by atoms with Crippen LogP contribution in [0, 0.1) is 11.6 Å². The first-order valence-corrected chi connectivity index (χ1v) is 8.20. The summed E-state index contributed by atoms with van der Waals surface area (Å²) in [6.45, 7) is 4.73. The maximum atomic E-state index is 13.9. The number of likely N-dealkylation sites (tertiary alicyclic amines) is 1. The summed E-state index contributed by atoms with van der Waals surface area (Å²) in [5.74, 6) is -1.01. The number of rotatable bonds is 6. The lowest BCUT2D eigenvalue weighted by atomic mass is 10.0. The molecule has 1 fully saturated rings. The molecule has 1 aromatic rings. The zero-order valence-corrected chi connectivity index (χ0v) is 13.9. The van der Waals surface area contributed by atoms with E-state index in [9.17, 15) is 18.4 Å². The van der Waals surface area contributed by atoms with E-state index in [4.69, 9.17) is 0 Å². The number of benzene rings is 1. The first kappa shape index (κ1) is 18.2. The predicted octanol–water partition coefficient (Wildman–Crippen LogP) is 2.73. The Kier molecular flexibility index (Phi) is 6.11. The van der Waals surface area contributed by atoms with E-state index in [0.29, 0.717) is 25.9 Å². The van der Waals surface area contributed by atoms with Gasteiger partial charge in [-0.25, -0.2) is 13.6 Å². The number of nitrogens with zero attached hydrogens (tertiary/aromatic N) is 1. The van der Waals surface area contributed by atoms with Gasteiger partial charge in [0.1, 0.15) is 11.6 Å². The number of carbonyl (C=O) groups excluding carboxylic acids is 2. The highest BCUT2D eigenvalue weighted by molar-refractivity contribution is 5.78. The van der Waals surface area contributed by atoms with Crippen molar-refractivity contribution in [2.45, 2.75) is 45.2 Å². The van der Waals surface area contributed by atoms with Crippen LogP contribution in [-0.2, 0) is 4.79 Å². The van der Waals surface area contributed by atoms with Gasteiger partial charge in [0.15, 0.2) is 0 Å². The minimum absolute atomic E-state index is 0.0947. The highest BCUT2D eigenvalue weighted by atomic mass is 19.1. The number of hydrogen-bond donors (Lipinski definition) is 2. The van der Waals surface area contributed by atoms with Crippen LogP contribution in [0.2, 0.25) is 0 Å². The van der Waals surface area contributed by atoms with Crippen LogP contribution < -0.4 is 10.6 Å². The summed E-state index contributed by atoms with van der Waals surface area (Å²) < 4.78 is 27.2. The summed E-state index contributed by atoms with van der Waals surface area (Å²) in [5.41, 5.74) is 0.120. The van der Waals surface area contributed by atoms with E-state index < -0.39 is 23.7 Å². The lowest BCUT2D eigenvalue weighted by Gasteiger charge is -2.24. The standard InChI is InChI=1S/C17H23F2N3O2/c1-3-15(13-9-12(18)6-7-14(13)19)21-17(24)20-11(2)10-22-8-4-5-16(22)23/h6-7,9,11,15H,3-5,8,10H2,1-2H3,(H2,20,21,24)/t11-,15+/m1/s1. The molecule has 2 atom stereocenters. The van der Waals surface area contributed by atoms with Gasteiger partial charge >= 0.3 is 6.03 Å². The molecule has 2 N–H and O–H groups in total. The maximum absolute atomic E-state index is 13.9. The lowest BCUT2D eigenvalue weighted by molar-refractivity contribution is -0.127. The summed E-state index contributed by atoms with van der Waals surface area (Å²) >= 11 is 0. The van der Waals surface area contributed by atoms with Crippen molar-refractivity contribution in [1.82, 2.24) is 15.5 Å². The molecule has 1 saturated heterocycles. The smallest absolute Gasteiger partial charge is 0.315 e. The number of urea groups is 1. The van der Waals surface area contributed by atoms with Gasteiger partial charge in [-0.3, -0.25) is 4.79 Å². The zero-order valence-electron chi connectivity index (χ0n) is 13.9. The van der Waals surface area contributed by atoms with Crippen molar-refractivity contribution in [3.05, 3.63) is 35.4 Å². The van der Waals surface area contributed by atoms with E-state index in [1.807, 2.05) is 0 Å². The Morgan fingerprint density at radius 1 is 1.33 bits per heavy atom. The van der Waals surface area contributed by atoms with Crippen molar-refractivity contribution in [3.8, 4) is 0 Å². The Hall–Kier alpha value is -2.18. The minimum atomic E-state index is -0.624. The molecule has 0 spiro atoms. The molecule has 5 nitrogen and oxygen atoms in total. The van der Waals surface area contributed by atoms with E-state index in [0.717, 1.165) is 24.6 Å². The highest BCUT2D eigenvalue weighted by Gasteiger charge is 2.23. The van der Waals surface area contributed by atoms with Gasteiger partial charge in [0.25, 0.3) is 0 Å². The quantitative estimate of drug-likeness (QED) is 0.837. The molecule has 0 unspecified atom stereocenters. The summed E-state index contributed by atoms with van der Waals surface area (Å²) in [5, 5.41) is 5.39. The van der Waals surface area contributed by atoms with E-state index in [1.54, 1.807) is 18.7 Å². The SMILES string of the molecule is CC[C@H](NC(=O)N[C@H](C)CN1CCCC1=O)c1cc(F)ccc1F. The molecule has 0 aliphatic carbocycles. The van der Waals surface area contributed by atoms with Crippen LogP contribution in [0.25, 0.3) is 0 Å². The average molecular weight is 339 g/mol. The van der Waals surface area contributed by atoms with Crippen molar-refractivity contribution in [3.63, 3.8) is 0 Å². The summed E-state index contributed by atoms with van der Waals surface area (Å²) in [4.78, 5) is 25.4. The fraction of sp³-hybridized carbons (Fsp3) is 0.529. The van der Waals surface area contributed by atoms with Crippen molar-refractivity contribution in [2.75, 3.05) is 13.1 Å². The summed E-state index contributed by atoms with van der Waals surface area (Å²) in [6.07, 6.45) is 1.82. The van der Waals surface area contributed by atoms with Gasteiger partial charge in [-0.05, 0) is 38.0 Å². The van der Waals surface area contributed by atoms with Crippen LogP contribution in [0.5, 0.6) is 0 Å². The molecule has 2 rings (SSSR count). The molecule has 1 aromatic carbocycles. The van der Waals surface area contributed by atoms with Crippen LogP contribution in [0.3, 0.4) is 0 Å². The molecule has 0 saturated carbocycles. The Morgan fingerprint density at radius 3 is 2.71 bits per heavy atom. The molecule has 0 radical (unpaired) electrons. The zero-order chi connectivity index (χ0) is 17.7. The van der Waals surface area contributed by atoms with Gasteiger partial charge in [-0.2, -0.15) is 0 Å². The molecule has 24 heavy (non-hydrogen) atoms.